The van der Waals surface area contributed by atoms with Gasteiger partial charge in [0.25, 0.3) is 5.91 Å². The van der Waals surface area contributed by atoms with Gasteiger partial charge in [0.15, 0.2) is 11.4 Å². The molecule has 1 heterocycles. The summed E-state index contributed by atoms with van der Waals surface area (Å²) in [6.45, 7) is 0.118. The van der Waals surface area contributed by atoms with E-state index in [4.69, 9.17) is 4.74 Å². The SMILES string of the molecule is CN(C)c1ccc(NC(=O)c2nn(-c3ccc(F)cc3)cc2OCc2ccc(F)cc2)cc1. The molecule has 3 aromatic carbocycles. The van der Waals surface area contributed by atoms with Crippen LogP contribution in [0.5, 0.6) is 5.75 Å². The smallest absolute Gasteiger partial charge is 0.280 e. The highest BCUT2D eigenvalue weighted by atomic mass is 19.1. The van der Waals surface area contributed by atoms with Crippen LogP contribution in [0.2, 0.25) is 0 Å². The molecule has 0 atom stereocenters. The molecule has 0 fully saturated rings. The zero-order valence-electron chi connectivity index (χ0n) is 18.1. The number of nitrogens with zero attached hydrogens (tertiary/aromatic N) is 3. The molecule has 0 aliphatic carbocycles. The van der Waals surface area contributed by atoms with E-state index in [9.17, 15) is 13.6 Å². The Morgan fingerprint density at radius 3 is 2.15 bits per heavy atom. The number of hydrogen-bond acceptors (Lipinski definition) is 4. The van der Waals surface area contributed by atoms with Crippen LogP contribution < -0.4 is 15.0 Å². The first kappa shape index (κ1) is 22.0. The van der Waals surface area contributed by atoms with Gasteiger partial charge < -0.3 is 15.0 Å². The first-order valence-electron chi connectivity index (χ1n) is 10.2. The van der Waals surface area contributed by atoms with Gasteiger partial charge in [-0.1, -0.05) is 12.1 Å². The summed E-state index contributed by atoms with van der Waals surface area (Å²) in [5.74, 6) is -0.935. The lowest BCUT2D eigenvalue weighted by molar-refractivity contribution is 0.101. The van der Waals surface area contributed by atoms with Crippen molar-refractivity contribution in [2.75, 3.05) is 24.3 Å². The van der Waals surface area contributed by atoms with Gasteiger partial charge >= 0.3 is 0 Å². The summed E-state index contributed by atoms with van der Waals surface area (Å²) in [4.78, 5) is 15.0. The summed E-state index contributed by atoms with van der Waals surface area (Å²) in [5, 5.41) is 7.19. The third-order valence-electron chi connectivity index (χ3n) is 4.94. The molecule has 33 heavy (non-hydrogen) atoms. The maximum atomic E-state index is 13.3. The van der Waals surface area contributed by atoms with Crippen LogP contribution in [0.4, 0.5) is 20.2 Å². The number of rotatable bonds is 7. The van der Waals surface area contributed by atoms with Crippen LogP contribution in [-0.4, -0.2) is 29.8 Å². The highest BCUT2D eigenvalue weighted by molar-refractivity contribution is 6.04. The van der Waals surface area contributed by atoms with Crippen molar-refractivity contribution >= 4 is 17.3 Å². The number of hydrogen-bond donors (Lipinski definition) is 1. The average Bonchev–Trinajstić information content (AvgIpc) is 3.24. The van der Waals surface area contributed by atoms with Crippen molar-refractivity contribution in [2.45, 2.75) is 6.61 Å². The Kier molecular flexibility index (Phi) is 6.35. The lowest BCUT2D eigenvalue weighted by Crippen LogP contribution is -2.15. The van der Waals surface area contributed by atoms with E-state index in [1.165, 1.54) is 28.9 Å². The Labute approximate surface area is 190 Å². The second-order valence-corrected chi connectivity index (χ2v) is 7.57. The maximum absolute atomic E-state index is 13.3. The Morgan fingerprint density at radius 2 is 1.55 bits per heavy atom. The molecule has 0 saturated carbocycles. The van der Waals surface area contributed by atoms with E-state index in [0.29, 0.717) is 11.4 Å². The zero-order chi connectivity index (χ0) is 23.4. The number of benzene rings is 3. The second-order valence-electron chi connectivity index (χ2n) is 7.57. The number of aromatic nitrogens is 2. The molecule has 168 valence electrons. The van der Waals surface area contributed by atoms with E-state index >= 15 is 0 Å². The van der Waals surface area contributed by atoms with Gasteiger partial charge in [-0.2, -0.15) is 5.10 Å². The molecule has 0 bridgehead atoms. The molecule has 4 rings (SSSR count). The van der Waals surface area contributed by atoms with E-state index in [2.05, 4.69) is 10.4 Å². The van der Waals surface area contributed by atoms with Crippen LogP contribution in [0.1, 0.15) is 16.1 Å². The molecule has 0 unspecified atom stereocenters. The Balaban J connectivity index is 1.59. The van der Waals surface area contributed by atoms with Crippen molar-refractivity contribution in [1.82, 2.24) is 9.78 Å². The lowest BCUT2D eigenvalue weighted by atomic mass is 10.2. The van der Waals surface area contributed by atoms with Crippen molar-refractivity contribution in [2.24, 2.45) is 0 Å². The predicted octanol–water partition coefficient (Wildman–Crippen LogP) is 5.05. The fourth-order valence-electron chi connectivity index (χ4n) is 3.12. The van der Waals surface area contributed by atoms with Crippen LogP contribution in [0, 0.1) is 11.6 Å². The van der Waals surface area contributed by atoms with Gasteiger partial charge in [-0.25, -0.2) is 13.5 Å². The quantitative estimate of drug-likeness (QED) is 0.430. The number of nitrogens with one attached hydrogen (secondary N) is 1. The molecule has 1 aromatic heterocycles. The molecule has 1 N–H and O–H groups in total. The van der Waals surface area contributed by atoms with Crippen molar-refractivity contribution in [3.8, 4) is 11.4 Å². The molecular formula is C25H22F2N4O2. The summed E-state index contributed by atoms with van der Waals surface area (Å²) in [7, 11) is 3.86. The Bertz CT molecular complexity index is 1240. The molecule has 4 aromatic rings. The summed E-state index contributed by atoms with van der Waals surface area (Å²) in [6.07, 6.45) is 1.56. The van der Waals surface area contributed by atoms with E-state index < -0.39 is 5.91 Å². The molecule has 0 aliphatic rings. The largest absolute Gasteiger partial charge is 0.485 e. The second kappa shape index (κ2) is 9.52. The van der Waals surface area contributed by atoms with Gasteiger partial charge in [0, 0.05) is 25.5 Å². The van der Waals surface area contributed by atoms with E-state index in [-0.39, 0.29) is 29.7 Å². The van der Waals surface area contributed by atoms with Crippen LogP contribution in [-0.2, 0) is 6.61 Å². The minimum absolute atomic E-state index is 0.0677. The van der Waals surface area contributed by atoms with Crippen molar-refractivity contribution in [3.05, 3.63) is 102 Å². The van der Waals surface area contributed by atoms with Crippen LogP contribution >= 0.6 is 0 Å². The molecule has 1 amide bonds. The number of carbonyl (C=O) groups is 1. The minimum Gasteiger partial charge on any atom is -0.485 e. The third-order valence-corrected chi connectivity index (χ3v) is 4.94. The molecule has 0 spiro atoms. The fourth-order valence-corrected chi connectivity index (χ4v) is 3.12. The maximum Gasteiger partial charge on any atom is 0.280 e. The van der Waals surface area contributed by atoms with Gasteiger partial charge in [0.1, 0.15) is 18.2 Å². The van der Waals surface area contributed by atoms with E-state index in [1.807, 2.05) is 31.1 Å². The number of anilines is 2. The summed E-state index contributed by atoms with van der Waals surface area (Å²) >= 11 is 0. The van der Waals surface area contributed by atoms with Gasteiger partial charge in [-0.05, 0) is 66.2 Å². The average molecular weight is 448 g/mol. The number of amides is 1. The first-order chi connectivity index (χ1) is 15.9. The minimum atomic E-state index is -0.456. The number of carbonyl (C=O) groups excluding carboxylic acids is 1. The lowest BCUT2D eigenvalue weighted by Gasteiger charge is -2.13. The van der Waals surface area contributed by atoms with Crippen molar-refractivity contribution in [1.29, 1.82) is 0 Å². The van der Waals surface area contributed by atoms with E-state index in [0.717, 1.165) is 11.3 Å². The molecule has 0 aliphatic heterocycles. The molecule has 0 saturated heterocycles. The summed E-state index contributed by atoms with van der Waals surface area (Å²) < 4.78 is 33.8. The highest BCUT2D eigenvalue weighted by Crippen LogP contribution is 2.24. The van der Waals surface area contributed by atoms with Crippen LogP contribution in [0.3, 0.4) is 0 Å². The van der Waals surface area contributed by atoms with Crippen LogP contribution in [0.25, 0.3) is 5.69 Å². The zero-order valence-corrected chi connectivity index (χ0v) is 18.1. The van der Waals surface area contributed by atoms with Crippen LogP contribution in [0.15, 0.2) is 79.0 Å². The van der Waals surface area contributed by atoms with Gasteiger partial charge in [0.2, 0.25) is 0 Å². The topological polar surface area (TPSA) is 59.4 Å². The number of halogens is 2. The molecule has 6 nitrogen and oxygen atoms in total. The van der Waals surface area contributed by atoms with E-state index in [1.54, 1.807) is 42.6 Å². The van der Waals surface area contributed by atoms with Gasteiger partial charge in [-0.15, -0.1) is 0 Å². The summed E-state index contributed by atoms with van der Waals surface area (Å²) in [5.41, 5.74) is 2.97. The normalized spacial score (nSPS) is 10.7. The fraction of sp³-hybridized carbons (Fsp3) is 0.120. The Morgan fingerprint density at radius 1 is 0.939 bits per heavy atom. The van der Waals surface area contributed by atoms with Gasteiger partial charge in [0.05, 0.1) is 11.9 Å². The third kappa shape index (κ3) is 5.35. The Hall–Kier alpha value is -4.20. The molecular weight excluding hydrogens is 426 g/mol. The first-order valence-corrected chi connectivity index (χ1v) is 10.2. The molecule has 8 heteroatoms. The number of ether oxygens (including phenoxy) is 1. The predicted molar refractivity (Wildman–Crippen MR) is 123 cm³/mol. The summed E-state index contributed by atoms with van der Waals surface area (Å²) in [6, 6.07) is 19.0. The highest BCUT2D eigenvalue weighted by Gasteiger charge is 2.20. The van der Waals surface area contributed by atoms with Crippen molar-refractivity contribution < 1.29 is 18.3 Å². The monoisotopic (exact) mass is 448 g/mol. The van der Waals surface area contributed by atoms with Gasteiger partial charge in [-0.3, -0.25) is 4.79 Å². The van der Waals surface area contributed by atoms with Crippen molar-refractivity contribution in [3.63, 3.8) is 0 Å². The standard InChI is InChI=1S/C25H22F2N4O2/c1-30(2)21-13-9-20(10-14-21)28-25(32)24-23(33-16-17-3-5-18(26)6-4-17)15-31(29-24)22-11-7-19(27)8-12-22/h3-15H,16H2,1-2H3,(H,28,32). The molecule has 0 radical (unpaired) electrons.